The van der Waals surface area contributed by atoms with E-state index in [1.54, 1.807) is 0 Å². The number of para-hydroxylation sites is 1. The Morgan fingerprint density at radius 2 is 1.68 bits per heavy atom. The maximum Gasteiger partial charge on any atom is 0.275 e. The van der Waals surface area contributed by atoms with Crippen molar-refractivity contribution in [3.63, 3.8) is 0 Å². The second-order valence-corrected chi connectivity index (χ2v) is 7.46. The maximum absolute atomic E-state index is 6.29. The standard InChI is InChI=1S/C24H25N2O2/c1-25-12-11-20(24(25)26-13-15-27-16-14-26)21-17-23(18-7-3-2-4-8-18)28-22-10-6-5-9-19(21)22/h2-10,17H,11-16H2,1H3/q+1/b21-20+. The second kappa shape index (κ2) is 7.28. The minimum atomic E-state index is 0.796. The average molecular weight is 373 g/mol. The van der Waals surface area contributed by atoms with Crippen LogP contribution in [0.4, 0.5) is 0 Å². The predicted molar refractivity (Wildman–Crippen MR) is 111 cm³/mol. The lowest BCUT2D eigenvalue weighted by Gasteiger charge is -2.26. The molecule has 0 amide bonds. The van der Waals surface area contributed by atoms with E-state index in [-0.39, 0.29) is 0 Å². The summed E-state index contributed by atoms with van der Waals surface area (Å²) in [4.78, 5) is 2.48. The molecule has 0 aliphatic carbocycles. The van der Waals surface area contributed by atoms with Gasteiger partial charge in [0.05, 0.1) is 32.4 Å². The minimum absolute atomic E-state index is 0.796. The first-order valence-corrected chi connectivity index (χ1v) is 10.00. The Balaban J connectivity index is 1.66. The molecule has 1 saturated heterocycles. The predicted octanol–water partition coefficient (Wildman–Crippen LogP) is 3.65. The molecule has 3 aliphatic heterocycles. The lowest BCUT2D eigenvalue weighted by molar-refractivity contribution is -0.493. The number of hydrogen-bond donors (Lipinski definition) is 0. The van der Waals surface area contributed by atoms with Crippen LogP contribution in [0.2, 0.25) is 0 Å². The van der Waals surface area contributed by atoms with E-state index in [0.717, 1.165) is 56.3 Å². The van der Waals surface area contributed by atoms with Gasteiger partial charge in [-0.25, -0.2) is 0 Å². The first kappa shape index (κ1) is 17.3. The number of nitrogens with zero attached hydrogens (tertiary/aromatic N) is 2. The number of allylic oxidation sites excluding steroid dienone is 2. The highest BCUT2D eigenvalue weighted by Gasteiger charge is 2.35. The Bertz CT molecular complexity index is 983. The van der Waals surface area contributed by atoms with Gasteiger partial charge in [0.2, 0.25) is 0 Å². The van der Waals surface area contributed by atoms with Crippen molar-refractivity contribution in [2.24, 2.45) is 0 Å². The molecule has 28 heavy (non-hydrogen) atoms. The third-order valence-corrected chi connectivity index (χ3v) is 5.70. The number of rotatable bonds is 1. The SMILES string of the molecule is C[N+]1=C(N2CCOCC2)/C(=C2\C=C(c3ccccc3)Oc3ccccc32)CC1. The first-order chi connectivity index (χ1) is 13.8. The van der Waals surface area contributed by atoms with Crippen LogP contribution in [0.1, 0.15) is 17.5 Å². The number of morpholine rings is 1. The number of hydrogen-bond acceptors (Lipinski definition) is 3. The van der Waals surface area contributed by atoms with Crippen LogP contribution >= 0.6 is 0 Å². The Labute approximate surface area is 166 Å². The van der Waals surface area contributed by atoms with Gasteiger partial charge in [0, 0.05) is 23.1 Å². The van der Waals surface area contributed by atoms with Crippen molar-refractivity contribution >= 4 is 17.2 Å². The van der Waals surface area contributed by atoms with Gasteiger partial charge in [-0.15, -0.1) is 0 Å². The second-order valence-electron chi connectivity index (χ2n) is 7.46. The van der Waals surface area contributed by atoms with Crippen LogP contribution in [0, 0.1) is 0 Å². The molecule has 0 spiro atoms. The van der Waals surface area contributed by atoms with Crippen molar-refractivity contribution in [2.45, 2.75) is 6.42 Å². The van der Waals surface area contributed by atoms with Crippen molar-refractivity contribution in [2.75, 3.05) is 39.9 Å². The Hall–Kier alpha value is -2.85. The molecule has 4 nitrogen and oxygen atoms in total. The lowest BCUT2D eigenvalue weighted by atomic mass is 9.93. The zero-order valence-corrected chi connectivity index (χ0v) is 16.2. The topological polar surface area (TPSA) is 24.7 Å². The van der Waals surface area contributed by atoms with Crippen LogP contribution in [-0.4, -0.2) is 55.2 Å². The molecule has 0 atom stereocenters. The van der Waals surface area contributed by atoms with Gasteiger partial charge in [0.25, 0.3) is 5.84 Å². The van der Waals surface area contributed by atoms with E-state index in [1.165, 1.54) is 22.5 Å². The van der Waals surface area contributed by atoms with Crippen LogP contribution < -0.4 is 4.74 Å². The summed E-state index contributed by atoms with van der Waals surface area (Å²) in [6.07, 6.45) is 3.28. The fraction of sp³-hybridized carbons (Fsp3) is 0.292. The van der Waals surface area contributed by atoms with Gasteiger partial charge in [-0.05, 0) is 12.1 Å². The molecule has 0 radical (unpaired) electrons. The van der Waals surface area contributed by atoms with E-state index in [0.29, 0.717) is 0 Å². The van der Waals surface area contributed by atoms with E-state index >= 15 is 0 Å². The fourth-order valence-corrected chi connectivity index (χ4v) is 4.32. The molecule has 0 bridgehead atoms. The monoisotopic (exact) mass is 373 g/mol. The molecule has 0 N–H and O–H groups in total. The first-order valence-electron chi connectivity index (χ1n) is 10.00. The molecule has 2 aromatic carbocycles. The molecule has 5 rings (SSSR count). The van der Waals surface area contributed by atoms with Gasteiger partial charge in [0.1, 0.15) is 24.6 Å². The van der Waals surface area contributed by atoms with Crippen LogP contribution in [0.25, 0.3) is 11.3 Å². The van der Waals surface area contributed by atoms with E-state index in [4.69, 9.17) is 9.47 Å². The van der Waals surface area contributed by atoms with Gasteiger partial charge in [-0.1, -0.05) is 48.5 Å². The number of amidine groups is 1. The Morgan fingerprint density at radius 1 is 0.929 bits per heavy atom. The van der Waals surface area contributed by atoms with Crippen molar-refractivity contribution in [3.05, 3.63) is 77.4 Å². The quantitative estimate of drug-likeness (QED) is 0.714. The zero-order chi connectivity index (χ0) is 18.9. The van der Waals surface area contributed by atoms with E-state index in [1.807, 2.05) is 12.1 Å². The molecule has 2 aromatic rings. The van der Waals surface area contributed by atoms with Crippen molar-refractivity contribution in [1.82, 2.24) is 4.90 Å². The molecule has 0 saturated carbocycles. The normalized spacial score (nSPS) is 22.0. The summed E-state index contributed by atoms with van der Waals surface area (Å²) in [5, 5.41) is 0. The molecule has 4 heteroatoms. The number of benzene rings is 2. The average Bonchev–Trinajstić information content (AvgIpc) is 3.15. The highest BCUT2D eigenvalue weighted by molar-refractivity contribution is 6.07. The summed E-state index contributed by atoms with van der Waals surface area (Å²) in [7, 11) is 2.20. The van der Waals surface area contributed by atoms with Crippen molar-refractivity contribution in [3.8, 4) is 5.75 Å². The number of fused-ring (bicyclic) bond motifs is 1. The molecule has 142 valence electrons. The zero-order valence-electron chi connectivity index (χ0n) is 16.2. The van der Waals surface area contributed by atoms with Crippen LogP contribution in [0.3, 0.4) is 0 Å². The molecule has 0 aromatic heterocycles. The van der Waals surface area contributed by atoms with E-state index in [2.05, 4.69) is 65.1 Å². The molecule has 1 fully saturated rings. The minimum Gasteiger partial charge on any atom is -0.456 e. The molecule has 0 unspecified atom stereocenters. The summed E-state index contributed by atoms with van der Waals surface area (Å²) in [5.41, 5.74) is 4.98. The smallest absolute Gasteiger partial charge is 0.275 e. The number of ether oxygens (including phenoxy) is 2. The van der Waals surface area contributed by atoms with Gasteiger partial charge >= 0.3 is 0 Å². The van der Waals surface area contributed by atoms with Crippen molar-refractivity contribution < 1.29 is 14.0 Å². The lowest BCUT2D eigenvalue weighted by Crippen LogP contribution is -2.43. The van der Waals surface area contributed by atoms with E-state index in [9.17, 15) is 0 Å². The van der Waals surface area contributed by atoms with Crippen LogP contribution in [0.15, 0.2) is 66.2 Å². The Morgan fingerprint density at radius 3 is 2.50 bits per heavy atom. The molecular weight excluding hydrogens is 348 g/mol. The van der Waals surface area contributed by atoms with Crippen LogP contribution in [-0.2, 0) is 4.74 Å². The van der Waals surface area contributed by atoms with Gasteiger partial charge in [0.15, 0.2) is 0 Å². The third kappa shape index (κ3) is 3.04. The summed E-state index contributed by atoms with van der Waals surface area (Å²) in [6, 6.07) is 18.7. The maximum atomic E-state index is 6.29. The largest absolute Gasteiger partial charge is 0.456 e. The van der Waals surface area contributed by atoms with Gasteiger partial charge in [-0.3, -0.25) is 9.48 Å². The third-order valence-electron chi connectivity index (χ3n) is 5.70. The fourth-order valence-electron chi connectivity index (χ4n) is 4.32. The highest BCUT2D eigenvalue weighted by Crippen LogP contribution is 2.40. The summed E-state index contributed by atoms with van der Waals surface area (Å²) < 4.78 is 14.3. The molecular formula is C24H25N2O2+. The highest BCUT2D eigenvalue weighted by atomic mass is 16.5. The van der Waals surface area contributed by atoms with Crippen LogP contribution in [0.5, 0.6) is 5.75 Å². The summed E-state index contributed by atoms with van der Waals surface area (Å²) in [6.45, 7) is 4.53. The van der Waals surface area contributed by atoms with Gasteiger partial charge < -0.3 is 9.47 Å². The van der Waals surface area contributed by atoms with Crippen molar-refractivity contribution in [1.29, 1.82) is 0 Å². The summed E-state index contributed by atoms with van der Waals surface area (Å²) in [5.74, 6) is 3.19. The molecule has 3 heterocycles. The van der Waals surface area contributed by atoms with Gasteiger partial charge in [-0.2, -0.15) is 0 Å². The molecule has 3 aliphatic rings. The summed E-state index contributed by atoms with van der Waals surface area (Å²) >= 11 is 0. The van der Waals surface area contributed by atoms with E-state index < -0.39 is 0 Å². The Kier molecular flexibility index (Phi) is 4.49.